The van der Waals surface area contributed by atoms with Gasteiger partial charge in [0.1, 0.15) is 0 Å². The van der Waals surface area contributed by atoms with Crippen molar-refractivity contribution >= 4 is 12.2 Å². The Morgan fingerprint density at radius 1 is 1.29 bits per heavy atom. The predicted molar refractivity (Wildman–Crippen MR) is 54.9 cm³/mol. The number of rotatable bonds is 2. The normalized spacial score (nSPS) is 11.5. The number of alkyl halides is 3. The third-order valence-electron chi connectivity index (χ3n) is 1.75. The minimum atomic E-state index is -4.37. The summed E-state index contributed by atoms with van der Waals surface area (Å²) in [7, 11) is 0. The summed E-state index contributed by atoms with van der Waals surface area (Å²) in [6.45, 7) is 0. The fraction of sp³-hybridized carbons (Fsp3) is 0.111. The number of halogens is 3. The first-order valence-electron chi connectivity index (χ1n) is 4.40. The minimum absolute atomic E-state index is 0.412. The molecular formula is C9H9F3N4O. The van der Waals surface area contributed by atoms with Crippen LogP contribution < -0.4 is 16.7 Å². The van der Waals surface area contributed by atoms with E-state index in [1.54, 1.807) is 5.43 Å². The maximum absolute atomic E-state index is 12.2. The average molecular weight is 246 g/mol. The molecule has 0 saturated carbocycles. The number of carbonyl (C=O) groups is 1. The molecule has 0 aliphatic carbocycles. The molecule has 0 aliphatic rings. The zero-order valence-electron chi connectivity index (χ0n) is 8.45. The minimum Gasteiger partial charge on any atom is -0.274 e. The highest BCUT2D eigenvalue weighted by molar-refractivity contribution is 5.81. The van der Waals surface area contributed by atoms with Gasteiger partial charge in [-0.3, -0.25) is 5.43 Å². The number of hydrogen-bond donors (Lipinski definition) is 3. The first-order chi connectivity index (χ1) is 7.93. The summed E-state index contributed by atoms with van der Waals surface area (Å²) in [5, 5.41) is 3.46. The standard InChI is InChI=1S/C9H9F3N4O/c10-9(11,12)7-3-1-6(2-4-7)5-14-16-8(17)15-13/h1-5H,13H2,(H2,15,16,17). The van der Waals surface area contributed by atoms with Crippen molar-refractivity contribution in [1.29, 1.82) is 0 Å². The summed E-state index contributed by atoms with van der Waals surface area (Å²) in [5.74, 6) is 4.76. The van der Waals surface area contributed by atoms with Gasteiger partial charge in [-0.1, -0.05) is 12.1 Å². The summed E-state index contributed by atoms with van der Waals surface area (Å²) in [4.78, 5) is 10.6. The second-order valence-electron chi connectivity index (χ2n) is 2.96. The quantitative estimate of drug-likeness (QED) is 0.317. The van der Waals surface area contributed by atoms with Crippen LogP contribution in [0.4, 0.5) is 18.0 Å². The first kappa shape index (κ1) is 13.0. The molecule has 1 aromatic carbocycles. The molecule has 0 unspecified atom stereocenters. The van der Waals surface area contributed by atoms with Crippen LogP contribution >= 0.6 is 0 Å². The van der Waals surface area contributed by atoms with E-state index in [9.17, 15) is 18.0 Å². The van der Waals surface area contributed by atoms with Crippen molar-refractivity contribution in [2.75, 3.05) is 0 Å². The highest BCUT2D eigenvalue weighted by Gasteiger charge is 2.29. The molecule has 17 heavy (non-hydrogen) atoms. The van der Waals surface area contributed by atoms with Crippen molar-refractivity contribution < 1.29 is 18.0 Å². The lowest BCUT2D eigenvalue weighted by Crippen LogP contribution is -2.37. The van der Waals surface area contributed by atoms with Gasteiger partial charge in [-0.25, -0.2) is 16.1 Å². The van der Waals surface area contributed by atoms with E-state index in [-0.39, 0.29) is 0 Å². The van der Waals surface area contributed by atoms with Gasteiger partial charge < -0.3 is 0 Å². The maximum Gasteiger partial charge on any atom is 0.416 e. The number of amides is 2. The van der Waals surface area contributed by atoms with Crippen LogP contribution in [0.1, 0.15) is 11.1 Å². The number of nitrogens with two attached hydrogens (primary N) is 1. The Balaban J connectivity index is 2.66. The number of carbonyl (C=O) groups excluding carboxylic acids is 1. The van der Waals surface area contributed by atoms with Gasteiger partial charge in [0.2, 0.25) is 0 Å². The molecule has 4 N–H and O–H groups in total. The lowest BCUT2D eigenvalue weighted by Gasteiger charge is -2.05. The first-order valence-corrected chi connectivity index (χ1v) is 4.40. The van der Waals surface area contributed by atoms with Gasteiger partial charge in [0.15, 0.2) is 0 Å². The Hall–Kier alpha value is -2.09. The Bertz CT molecular complexity index is 413. The van der Waals surface area contributed by atoms with Crippen molar-refractivity contribution in [2.24, 2.45) is 10.9 Å². The van der Waals surface area contributed by atoms with Crippen molar-refractivity contribution in [2.45, 2.75) is 6.18 Å². The van der Waals surface area contributed by atoms with Crippen LogP contribution in [0.2, 0.25) is 0 Å². The molecule has 2 amide bonds. The van der Waals surface area contributed by atoms with Crippen molar-refractivity contribution in [3.05, 3.63) is 35.4 Å². The zero-order chi connectivity index (χ0) is 12.9. The number of urea groups is 1. The average Bonchev–Trinajstić information content (AvgIpc) is 2.28. The van der Waals surface area contributed by atoms with Crippen molar-refractivity contribution in [1.82, 2.24) is 10.9 Å². The van der Waals surface area contributed by atoms with Crippen molar-refractivity contribution in [3.63, 3.8) is 0 Å². The molecule has 1 rings (SSSR count). The lowest BCUT2D eigenvalue weighted by atomic mass is 10.1. The van der Waals surface area contributed by atoms with E-state index in [0.29, 0.717) is 5.56 Å². The number of hydrazine groups is 1. The summed E-state index contributed by atoms with van der Waals surface area (Å²) in [6.07, 6.45) is -3.18. The lowest BCUT2D eigenvalue weighted by molar-refractivity contribution is -0.137. The molecule has 0 radical (unpaired) electrons. The second kappa shape index (κ2) is 5.30. The molecular weight excluding hydrogens is 237 g/mol. The van der Waals surface area contributed by atoms with E-state index in [1.807, 2.05) is 5.43 Å². The van der Waals surface area contributed by atoms with E-state index in [4.69, 9.17) is 5.84 Å². The Labute approximate surface area is 94.5 Å². The predicted octanol–water partition coefficient (Wildman–Crippen LogP) is 1.21. The van der Waals surface area contributed by atoms with E-state index < -0.39 is 17.8 Å². The zero-order valence-corrected chi connectivity index (χ0v) is 8.45. The van der Waals surface area contributed by atoms with E-state index in [0.717, 1.165) is 12.1 Å². The van der Waals surface area contributed by atoms with Crippen molar-refractivity contribution in [3.8, 4) is 0 Å². The topological polar surface area (TPSA) is 79.5 Å². The van der Waals surface area contributed by atoms with Gasteiger partial charge >= 0.3 is 12.2 Å². The number of benzene rings is 1. The molecule has 0 atom stereocenters. The van der Waals surface area contributed by atoms with Gasteiger partial charge in [-0.05, 0) is 17.7 Å². The maximum atomic E-state index is 12.2. The number of nitrogens with zero attached hydrogens (tertiary/aromatic N) is 1. The fourth-order valence-electron chi connectivity index (χ4n) is 0.956. The Morgan fingerprint density at radius 2 is 1.88 bits per heavy atom. The van der Waals surface area contributed by atoms with Gasteiger partial charge in [0.05, 0.1) is 11.8 Å². The van der Waals surface area contributed by atoms with Gasteiger partial charge in [0.25, 0.3) is 0 Å². The van der Waals surface area contributed by atoms with E-state index in [1.165, 1.54) is 18.3 Å². The molecule has 0 spiro atoms. The summed E-state index contributed by atoms with van der Waals surface area (Å²) in [5.41, 5.74) is 3.43. The van der Waals surface area contributed by atoms with Gasteiger partial charge in [0, 0.05) is 0 Å². The molecule has 92 valence electrons. The largest absolute Gasteiger partial charge is 0.416 e. The molecule has 0 aliphatic heterocycles. The molecule has 0 aromatic heterocycles. The third-order valence-corrected chi connectivity index (χ3v) is 1.75. The van der Waals surface area contributed by atoms with Gasteiger partial charge in [-0.2, -0.15) is 18.3 Å². The molecule has 0 heterocycles. The Kier molecular flexibility index (Phi) is 4.05. The fourth-order valence-corrected chi connectivity index (χ4v) is 0.956. The van der Waals surface area contributed by atoms with Crippen LogP contribution in [-0.2, 0) is 6.18 Å². The number of hydrogen-bond acceptors (Lipinski definition) is 3. The van der Waals surface area contributed by atoms with Crippen LogP contribution in [0.15, 0.2) is 29.4 Å². The van der Waals surface area contributed by atoms with Crippen LogP contribution in [0.5, 0.6) is 0 Å². The summed E-state index contributed by atoms with van der Waals surface area (Å²) >= 11 is 0. The van der Waals surface area contributed by atoms with E-state index >= 15 is 0 Å². The van der Waals surface area contributed by atoms with E-state index in [2.05, 4.69) is 5.10 Å². The van der Waals surface area contributed by atoms with Crippen LogP contribution in [0.25, 0.3) is 0 Å². The summed E-state index contributed by atoms with van der Waals surface area (Å²) < 4.78 is 36.6. The highest BCUT2D eigenvalue weighted by Crippen LogP contribution is 2.28. The molecule has 1 aromatic rings. The highest BCUT2D eigenvalue weighted by atomic mass is 19.4. The second-order valence-corrected chi connectivity index (χ2v) is 2.96. The Morgan fingerprint density at radius 3 is 2.35 bits per heavy atom. The van der Waals surface area contributed by atoms with Crippen LogP contribution in [0.3, 0.4) is 0 Å². The molecule has 5 nitrogen and oxygen atoms in total. The molecule has 0 fully saturated rings. The van der Waals surface area contributed by atoms with Crippen LogP contribution in [-0.4, -0.2) is 12.2 Å². The SMILES string of the molecule is NNC(=O)NN=Cc1ccc(C(F)(F)F)cc1. The van der Waals surface area contributed by atoms with Gasteiger partial charge in [-0.15, -0.1) is 0 Å². The number of nitrogens with one attached hydrogen (secondary N) is 2. The monoisotopic (exact) mass is 246 g/mol. The third kappa shape index (κ3) is 4.11. The number of hydrazone groups is 1. The molecule has 0 bridgehead atoms. The summed E-state index contributed by atoms with van der Waals surface area (Å²) in [6, 6.07) is 3.57. The van der Waals surface area contributed by atoms with Crippen LogP contribution in [0, 0.1) is 0 Å². The molecule has 0 saturated heterocycles. The smallest absolute Gasteiger partial charge is 0.274 e. The molecule has 8 heteroatoms.